The third-order valence-corrected chi connectivity index (χ3v) is 4.96. The van der Waals surface area contributed by atoms with Crippen molar-refractivity contribution in [2.45, 2.75) is 71.9 Å². The Labute approximate surface area is 123 Å². The van der Waals surface area contributed by atoms with Crippen LogP contribution in [0.1, 0.15) is 58.7 Å². The average molecular weight is 278 g/mol. The van der Waals surface area contributed by atoms with Gasteiger partial charge in [0.05, 0.1) is 6.10 Å². The van der Waals surface area contributed by atoms with E-state index in [1.165, 1.54) is 25.7 Å². The van der Waals surface area contributed by atoms with Gasteiger partial charge in [0, 0.05) is 25.4 Å². The van der Waals surface area contributed by atoms with Gasteiger partial charge in [0.2, 0.25) is 0 Å². The average Bonchev–Trinajstić information content (AvgIpc) is 2.86. The van der Waals surface area contributed by atoms with Crippen molar-refractivity contribution in [1.29, 1.82) is 0 Å². The maximum absolute atomic E-state index is 10.5. The lowest BCUT2D eigenvalue weighted by atomic mass is 9.75. The summed E-state index contributed by atoms with van der Waals surface area (Å²) in [4.78, 5) is 4.42. The Morgan fingerprint density at radius 3 is 2.50 bits per heavy atom. The Morgan fingerprint density at radius 2 is 1.90 bits per heavy atom. The highest BCUT2D eigenvalue weighted by atomic mass is 16.3. The molecule has 3 heteroatoms. The molecule has 114 valence electrons. The highest BCUT2D eigenvalue weighted by Crippen LogP contribution is 2.35. The predicted molar refractivity (Wildman–Crippen MR) is 82.5 cm³/mol. The minimum absolute atomic E-state index is 0.221. The van der Waals surface area contributed by atoms with Crippen molar-refractivity contribution in [1.82, 2.24) is 9.55 Å². The summed E-state index contributed by atoms with van der Waals surface area (Å²) in [6.45, 7) is 7.82. The van der Waals surface area contributed by atoms with Crippen LogP contribution in [0, 0.1) is 17.8 Å². The molecule has 1 heterocycles. The van der Waals surface area contributed by atoms with Gasteiger partial charge in [0.25, 0.3) is 0 Å². The summed E-state index contributed by atoms with van der Waals surface area (Å²) in [6.07, 6.45) is 10.4. The Morgan fingerprint density at radius 1 is 1.25 bits per heavy atom. The minimum Gasteiger partial charge on any atom is -0.392 e. The van der Waals surface area contributed by atoms with Crippen LogP contribution >= 0.6 is 0 Å². The maximum atomic E-state index is 10.5. The van der Waals surface area contributed by atoms with E-state index in [1.54, 1.807) is 0 Å². The molecule has 1 unspecified atom stereocenters. The SMILES string of the molecule is CCCn1ccnc1CC(O)C1CCC(C(C)C)CC1. The predicted octanol–water partition coefficient (Wildman–Crippen LogP) is 3.66. The third kappa shape index (κ3) is 3.85. The van der Waals surface area contributed by atoms with Crippen molar-refractivity contribution in [2.24, 2.45) is 17.8 Å². The zero-order chi connectivity index (χ0) is 14.5. The Kier molecular flexibility index (Phi) is 5.64. The van der Waals surface area contributed by atoms with Crippen LogP contribution in [0.25, 0.3) is 0 Å². The van der Waals surface area contributed by atoms with Gasteiger partial charge in [-0.1, -0.05) is 20.8 Å². The summed E-state index contributed by atoms with van der Waals surface area (Å²) < 4.78 is 2.18. The molecule has 2 rings (SSSR count). The first kappa shape index (κ1) is 15.6. The normalized spacial score (nSPS) is 25.1. The fourth-order valence-corrected chi connectivity index (χ4v) is 3.52. The molecule has 1 aromatic rings. The minimum atomic E-state index is -0.221. The van der Waals surface area contributed by atoms with Crippen LogP contribution in [0.15, 0.2) is 12.4 Å². The molecule has 1 aromatic heterocycles. The van der Waals surface area contributed by atoms with E-state index in [1.807, 2.05) is 12.4 Å². The highest BCUT2D eigenvalue weighted by molar-refractivity contribution is 4.96. The van der Waals surface area contributed by atoms with E-state index >= 15 is 0 Å². The van der Waals surface area contributed by atoms with E-state index < -0.39 is 0 Å². The molecular formula is C17H30N2O. The lowest BCUT2D eigenvalue weighted by molar-refractivity contribution is 0.0654. The van der Waals surface area contributed by atoms with Crippen LogP contribution in [-0.2, 0) is 13.0 Å². The van der Waals surface area contributed by atoms with E-state index in [0.717, 1.165) is 30.6 Å². The lowest BCUT2D eigenvalue weighted by Crippen LogP contribution is -2.29. The number of aryl methyl sites for hydroxylation is 1. The molecule has 20 heavy (non-hydrogen) atoms. The van der Waals surface area contributed by atoms with Gasteiger partial charge in [-0.25, -0.2) is 4.98 Å². The fraction of sp³-hybridized carbons (Fsp3) is 0.824. The van der Waals surface area contributed by atoms with E-state index in [-0.39, 0.29) is 6.10 Å². The zero-order valence-electron chi connectivity index (χ0n) is 13.3. The van der Waals surface area contributed by atoms with Crippen molar-refractivity contribution < 1.29 is 5.11 Å². The molecule has 1 aliphatic carbocycles. The van der Waals surface area contributed by atoms with Gasteiger partial charge in [-0.05, 0) is 49.9 Å². The summed E-state index contributed by atoms with van der Waals surface area (Å²) in [7, 11) is 0. The number of aromatic nitrogens is 2. The fourth-order valence-electron chi connectivity index (χ4n) is 3.52. The van der Waals surface area contributed by atoms with E-state index in [4.69, 9.17) is 0 Å². The van der Waals surface area contributed by atoms with Crippen molar-refractivity contribution in [3.05, 3.63) is 18.2 Å². The van der Waals surface area contributed by atoms with E-state index in [0.29, 0.717) is 12.3 Å². The number of aliphatic hydroxyl groups excluding tert-OH is 1. The molecule has 0 radical (unpaired) electrons. The van der Waals surface area contributed by atoms with Gasteiger partial charge < -0.3 is 9.67 Å². The van der Waals surface area contributed by atoms with Crippen LogP contribution in [0.2, 0.25) is 0 Å². The van der Waals surface area contributed by atoms with E-state index in [2.05, 4.69) is 30.3 Å². The largest absolute Gasteiger partial charge is 0.392 e. The van der Waals surface area contributed by atoms with Gasteiger partial charge in [-0.2, -0.15) is 0 Å². The van der Waals surface area contributed by atoms with Crippen molar-refractivity contribution in [2.75, 3.05) is 0 Å². The lowest BCUT2D eigenvalue weighted by Gasteiger charge is -2.33. The summed E-state index contributed by atoms with van der Waals surface area (Å²) in [6, 6.07) is 0. The van der Waals surface area contributed by atoms with E-state index in [9.17, 15) is 5.11 Å². The second kappa shape index (κ2) is 7.26. The van der Waals surface area contributed by atoms with Crippen LogP contribution < -0.4 is 0 Å². The first-order chi connectivity index (χ1) is 9.61. The number of imidazole rings is 1. The van der Waals surface area contributed by atoms with Crippen LogP contribution in [-0.4, -0.2) is 20.8 Å². The topological polar surface area (TPSA) is 38.0 Å². The molecule has 3 nitrogen and oxygen atoms in total. The van der Waals surface area contributed by atoms with Crippen molar-refractivity contribution in [3.8, 4) is 0 Å². The van der Waals surface area contributed by atoms with Gasteiger partial charge in [-0.3, -0.25) is 0 Å². The van der Waals surface area contributed by atoms with Gasteiger partial charge >= 0.3 is 0 Å². The second-order valence-electron chi connectivity index (χ2n) is 6.73. The quantitative estimate of drug-likeness (QED) is 0.862. The number of nitrogens with zero attached hydrogens (tertiary/aromatic N) is 2. The molecular weight excluding hydrogens is 248 g/mol. The summed E-state index contributed by atoms with van der Waals surface area (Å²) in [5.41, 5.74) is 0. The van der Waals surface area contributed by atoms with Crippen LogP contribution in [0.4, 0.5) is 0 Å². The maximum Gasteiger partial charge on any atom is 0.111 e. The summed E-state index contributed by atoms with van der Waals surface area (Å²) >= 11 is 0. The summed E-state index contributed by atoms with van der Waals surface area (Å²) in [5, 5.41) is 10.5. The number of rotatable bonds is 6. The molecule has 1 atom stereocenters. The standard InChI is InChI=1S/C17H30N2O/c1-4-10-19-11-9-18-17(19)12-16(20)15-7-5-14(6-8-15)13(2)3/h9,11,13-16,20H,4-8,10,12H2,1-3H3. The highest BCUT2D eigenvalue weighted by Gasteiger charge is 2.28. The first-order valence-corrected chi connectivity index (χ1v) is 8.29. The number of hydrogen-bond acceptors (Lipinski definition) is 2. The second-order valence-corrected chi connectivity index (χ2v) is 6.73. The van der Waals surface area contributed by atoms with Gasteiger partial charge in [0.15, 0.2) is 0 Å². The summed E-state index contributed by atoms with van der Waals surface area (Å²) in [5.74, 6) is 3.17. The van der Waals surface area contributed by atoms with Crippen molar-refractivity contribution >= 4 is 0 Å². The molecule has 1 saturated carbocycles. The van der Waals surface area contributed by atoms with Crippen LogP contribution in [0.5, 0.6) is 0 Å². The van der Waals surface area contributed by atoms with Crippen LogP contribution in [0.3, 0.4) is 0 Å². The number of hydrogen-bond donors (Lipinski definition) is 1. The van der Waals surface area contributed by atoms with Gasteiger partial charge in [0.1, 0.15) is 5.82 Å². The van der Waals surface area contributed by atoms with Crippen molar-refractivity contribution in [3.63, 3.8) is 0 Å². The molecule has 0 saturated heterocycles. The molecule has 1 fully saturated rings. The number of aliphatic hydroxyl groups is 1. The molecule has 0 amide bonds. The monoisotopic (exact) mass is 278 g/mol. The molecule has 0 spiro atoms. The zero-order valence-corrected chi connectivity index (χ0v) is 13.3. The first-order valence-electron chi connectivity index (χ1n) is 8.29. The smallest absolute Gasteiger partial charge is 0.111 e. The Balaban J connectivity index is 1.86. The van der Waals surface area contributed by atoms with Gasteiger partial charge in [-0.15, -0.1) is 0 Å². The molecule has 1 aliphatic rings. The molecule has 0 bridgehead atoms. The molecule has 0 aliphatic heterocycles. The molecule has 0 aromatic carbocycles. The molecule has 1 N–H and O–H groups in total. The Hall–Kier alpha value is -0.830. The third-order valence-electron chi connectivity index (χ3n) is 4.96. The Bertz CT molecular complexity index is 391.